The molecule has 0 aromatic carbocycles. The zero-order valence-corrected chi connectivity index (χ0v) is 6.49. The summed E-state index contributed by atoms with van der Waals surface area (Å²) in [6, 6.07) is 0.529. The number of fused-ring (bicyclic) bond motifs is 1. The third-order valence-corrected chi connectivity index (χ3v) is 2.30. The molecule has 1 heterocycles. The van der Waals surface area contributed by atoms with Gasteiger partial charge in [-0.3, -0.25) is 0 Å². The van der Waals surface area contributed by atoms with Crippen LogP contribution in [0.2, 0.25) is 0 Å². The smallest absolute Gasteiger partial charge is 0.103 e. The van der Waals surface area contributed by atoms with E-state index in [0.717, 1.165) is 5.16 Å². The van der Waals surface area contributed by atoms with E-state index in [1.54, 1.807) is 0 Å². The molecular weight excluding hydrogens is 146 g/mol. The van der Waals surface area contributed by atoms with Gasteiger partial charge in [-0.25, -0.2) is 0 Å². The molecule has 0 radical (unpaired) electrons. The van der Waals surface area contributed by atoms with Gasteiger partial charge < -0.3 is 5.32 Å². The third-order valence-electron chi connectivity index (χ3n) is 2.08. The van der Waals surface area contributed by atoms with Gasteiger partial charge in [-0.05, 0) is 30.9 Å². The van der Waals surface area contributed by atoms with E-state index in [1.165, 1.54) is 24.8 Å². The van der Waals surface area contributed by atoms with Gasteiger partial charge in [-0.15, -0.1) is 0 Å². The normalized spacial score (nSPS) is 30.3. The Kier molecular flexibility index (Phi) is 1.46. The highest BCUT2D eigenvalue weighted by atomic mass is 35.5. The van der Waals surface area contributed by atoms with Gasteiger partial charge in [0.05, 0.1) is 6.04 Å². The molecule has 0 aromatic rings. The molecule has 2 aliphatic rings. The number of rotatable bonds is 0. The van der Waals surface area contributed by atoms with Gasteiger partial charge in [0.1, 0.15) is 5.16 Å². The molecule has 1 N–H and O–H groups in total. The maximum absolute atomic E-state index is 5.80. The summed E-state index contributed by atoms with van der Waals surface area (Å²) >= 11 is 5.80. The van der Waals surface area contributed by atoms with Crippen molar-refractivity contribution in [3.05, 3.63) is 22.9 Å². The first-order valence-electron chi connectivity index (χ1n) is 3.70. The first-order valence-corrected chi connectivity index (χ1v) is 4.08. The zero-order chi connectivity index (χ0) is 6.97. The molecule has 54 valence electrons. The lowest BCUT2D eigenvalue weighted by Gasteiger charge is -2.17. The lowest BCUT2D eigenvalue weighted by atomic mass is 9.96. The zero-order valence-electron chi connectivity index (χ0n) is 5.73. The van der Waals surface area contributed by atoms with Crippen molar-refractivity contribution in [3.8, 4) is 0 Å². The van der Waals surface area contributed by atoms with Crippen molar-refractivity contribution in [2.45, 2.75) is 25.3 Å². The minimum Gasteiger partial charge on any atom is -0.369 e. The van der Waals surface area contributed by atoms with Crippen LogP contribution >= 0.6 is 11.6 Å². The Morgan fingerprint density at radius 3 is 3.30 bits per heavy atom. The van der Waals surface area contributed by atoms with Gasteiger partial charge in [0, 0.05) is 0 Å². The first-order chi connectivity index (χ1) is 4.86. The Balaban J connectivity index is 2.23. The van der Waals surface area contributed by atoms with Gasteiger partial charge in [0.2, 0.25) is 0 Å². The number of halogens is 1. The van der Waals surface area contributed by atoms with Crippen LogP contribution in [0.1, 0.15) is 19.3 Å². The highest BCUT2D eigenvalue weighted by Gasteiger charge is 2.21. The van der Waals surface area contributed by atoms with Crippen molar-refractivity contribution in [2.24, 2.45) is 0 Å². The fraction of sp³-hybridized carbons (Fsp3) is 0.500. The second kappa shape index (κ2) is 2.31. The SMILES string of the molecule is ClC1=CC2=CCCCC2N1. The van der Waals surface area contributed by atoms with Gasteiger partial charge >= 0.3 is 0 Å². The van der Waals surface area contributed by atoms with Crippen LogP contribution in [0, 0.1) is 0 Å². The van der Waals surface area contributed by atoms with E-state index in [1.807, 2.05) is 6.08 Å². The molecule has 0 bridgehead atoms. The van der Waals surface area contributed by atoms with Crippen molar-refractivity contribution in [3.63, 3.8) is 0 Å². The molecule has 2 rings (SSSR count). The molecule has 0 saturated heterocycles. The maximum Gasteiger partial charge on any atom is 0.103 e. The number of hydrogen-bond donors (Lipinski definition) is 1. The highest BCUT2D eigenvalue weighted by molar-refractivity contribution is 6.29. The third kappa shape index (κ3) is 0.948. The molecule has 1 unspecified atom stereocenters. The van der Waals surface area contributed by atoms with Crippen LogP contribution in [-0.4, -0.2) is 6.04 Å². The molecule has 1 aliphatic heterocycles. The van der Waals surface area contributed by atoms with Crippen molar-refractivity contribution >= 4 is 11.6 Å². The summed E-state index contributed by atoms with van der Waals surface area (Å²) in [5.41, 5.74) is 1.39. The van der Waals surface area contributed by atoms with Crippen LogP contribution in [-0.2, 0) is 0 Å². The van der Waals surface area contributed by atoms with E-state index in [0.29, 0.717) is 6.04 Å². The number of allylic oxidation sites excluding steroid dienone is 1. The van der Waals surface area contributed by atoms with Crippen molar-refractivity contribution in [2.75, 3.05) is 0 Å². The molecule has 0 spiro atoms. The molecule has 1 aliphatic carbocycles. The standard InChI is InChI=1S/C8H10ClN/c9-8-5-6-3-1-2-4-7(6)10-8/h3,5,7,10H,1-2,4H2. The summed E-state index contributed by atoms with van der Waals surface area (Å²) in [6.07, 6.45) is 8.05. The fourth-order valence-corrected chi connectivity index (χ4v) is 1.83. The number of hydrogen-bond acceptors (Lipinski definition) is 1. The average molecular weight is 156 g/mol. The van der Waals surface area contributed by atoms with E-state index in [9.17, 15) is 0 Å². The Labute approximate surface area is 65.8 Å². The average Bonchev–Trinajstić information content (AvgIpc) is 2.27. The molecule has 0 amide bonds. The van der Waals surface area contributed by atoms with E-state index >= 15 is 0 Å². The minimum absolute atomic E-state index is 0.529. The topological polar surface area (TPSA) is 12.0 Å². The van der Waals surface area contributed by atoms with Gasteiger partial charge in [0.15, 0.2) is 0 Å². The predicted molar refractivity (Wildman–Crippen MR) is 42.8 cm³/mol. The van der Waals surface area contributed by atoms with Crippen LogP contribution < -0.4 is 5.32 Å². The van der Waals surface area contributed by atoms with Crippen LogP contribution in [0.4, 0.5) is 0 Å². The Bertz CT molecular complexity index is 205. The molecule has 0 fully saturated rings. The van der Waals surface area contributed by atoms with Gasteiger partial charge in [0.25, 0.3) is 0 Å². The van der Waals surface area contributed by atoms with Crippen LogP contribution in [0.3, 0.4) is 0 Å². The summed E-state index contributed by atoms with van der Waals surface area (Å²) in [5, 5.41) is 4.02. The summed E-state index contributed by atoms with van der Waals surface area (Å²) in [4.78, 5) is 0. The molecule has 0 saturated carbocycles. The second-order valence-electron chi connectivity index (χ2n) is 2.82. The van der Waals surface area contributed by atoms with Crippen LogP contribution in [0.5, 0.6) is 0 Å². The minimum atomic E-state index is 0.529. The lowest BCUT2D eigenvalue weighted by Crippen LogP contribution is -2.24. The lowest BCUT2D eigenvalue weighted by molar-refractivity contribution is 0.581. The predicted octanol–water partition coefficient (Wildman–Crippen LogP) is 2.15. The molecular formula is C8H10ClN. The van der Waals surface area contributed by atoms with Crippen molar-refractivity contribution < 1.29 is 0 Å². The molecule has 0 aromatic heterocycles. The Morgan fingerprint density at radius 1 is 1.60 bits per heavy atom. The van der Waals surface area contributed by atoms with Crippen molar-refractivity contribution in [1.29, 1.82) is 0 Å². The Hall–Kier alpha value is -0.430. The molecule has 1 atom stereocenters. The van der Waals surface area contributed by atoms with E-state index < -0.39 is 0 Å². The summed E-state index contributed by atoms with van der Waals surface area (Å²) in [7, 11) is 0. The monoisotopic (exact) mass is 155 g/mol. The van der Waals surface area contributed by atoms with E-state index in [-0.39, 0.29) is 0 Å². The van der Waals surface area contributed by atoms with Gasteiger partial charge in [-0.2, -0.15) is 0 Å². The fourth-order valence-electron chi connectivity index (χ4n) is 1.57. The largest absolute Gasteiger partial charge is 0.369 e. The van der Waals surface area contributed by atoms with Crippen LogP contribution in [0.25, 0.3) is 0 Å². The van der Waals surface area contributed by atoms with Gasteiger partial charge in [-0.1, -0.05) is 17.7 Å². The Morgan fingerprint density at radius 2 is 2.50 bits per heavy atom. The van der Waals surface area contributed by atoms with E-state index in [4.69, 9.17) is 11.6 Å². The summed E-state index contributed by atoms with van der Waals surface area (Å²) in [5.74, 6) is 0. The van der Waals surface area contributed by atoms with Crippen molar-refractivity contribution in [1.82, 2.24) is 5.32 Å². The summed E-state index contributed by atoms with van der Waals surface area (Å²) in [6.45, 7) is 0. The first kappa shape index (κ1) is 6.29. The molecule has 2 heteroatoms. The van der Waals surface area contributed by atoms with Crippen LogP contribution in [0.15, 0.2) is 22.9 Å². The number of nitrogens with one attached hydrogen (secondary N) is 1. The van der Waals surface area contributed by atoms with E-state index in [2.05, 4.69) is 11.4 Å². The molecule has 1 nitrogen and oxygen atoms in total. The highest BCUT2D eigenvalue weighted by Crippen LogP contribution is 2.26. The summed E-state index contributed by atoms with van der Waals surface area (Å²) < 4.78 is 0. The molecule has 10 heavy (non-hydrogen) atoms. The quantitative estimate of drug-likeness (QED) is 0.529. The maximum atomic E-state index is 5.80. The second-order valence-corrected chi connectivity index (χ2v) is 3.23.